The average Bonchev–Trinajstić information content (AvgIpc) is 2.93. The number of carbonyl (C=O) groups is 1. The van der Waals surface area contributed by atoms with Gasteiger partial charge in [-0.1, -0.05) is 6.07 Å². The highest BCUT2D eigenvalue weighted by atomic mass is 16.5. The van der Waals surface area contributed by atoms with Gasteiger partial charge in [0.15, 0.2) is 11.5 Å². The zero-order valence-electron chi connectivity index (χ0n) is 15.6. The second-order valence-corrected chi connectivity index (χ2v) is 6.21. The van der Waals surface area contributed by atoms with Crippen LogP contribution < -0.4 is 14.8 Å². The van der Waals surface area contributed by atoms with Gasteiger partial charge in [0.1, 0.15) is 0 Å². The van der Waals surface area contributed by atoms with Gasteiger partial charge in [0.25, 0.3) is 0 Å². The van der Waals surface area contributed by atoms with E-state index in [-0.39, 0.29) is 11.9 Å². The maximum Gasteiger partial charge on any atom is 0.222 e. The molecule has 0 bridgehead atoms. The van der Waals surface area contributed by atoms with Gasteiger partial charge < -0.3 is 14.8 Å². The van der Waals surface area contributed by atoms with Gasteiger partial charge in [-0.3, -0.25) is 9.48 Å². The Hall–Kier alpha value is -2.50. The molecule has 2 aromatic rings. The van der Waals surface area contributed by atoms with Crippen molar-refractivity contribution in [3.63, 3.8) is 0 Å². The number of nitrogens with zero attached hydrogens (tertiary/aromatic N) is 2. The second-order valence-electron chi connectivity index (χ2n) is 6.21. The molecule has 1 N–H and O–H groups in total. The Balaban J connectivity index is 1.83. The van der Waals surface area contributed by atoms with Crippen LogP contribution >= 0.6 is 0 Å². The van der Waals surface area contributed by atoms with Crippen LogP contribution in [0.4, 0.5) is 0 Å². The Labute approximate surface area is 149 Å². The molecule has 0 aliphatic carbocycles. The van der Waals surface area contributed by atoms with Crippen molar-refractivity contribution in [2.75, 3.05) is 20.8 Å². The van der Waals surface area contributed by atoms with Gasteiger partial charge in [-0.15, -0.1) is 0 Å². The number of aryl methyl sites for hydroxylation is 2. The maximum absolute atomic E-state index is 12.2. The molecule has 136 valence electrons. The molecule has 6 nitrogen and oxygen atoms in total. The summed E-state index contributed by atoms with van der Waals surface area (Å²) in [7, 11) is 3.23. The van der Waals surface area contributed by atoms with E-state index in [4.69, 9.17) is 9.47 Å². The van der Waals surface area contributed by atoms with Crippen molar-refractivity contribution in [3.8, 4) is 11.5 Å². The van der Waals surface area contributed by atoms with Crippen LogP contribution in [-0.4, -0.2) is 36.5 Å². The van der Waals surface area contributed by atoms with E-state index in [9.17, 15) is 4.79 Å². The quantitative estimate of drug-likeness (QED) is 0.799. The van der Waals surface area contributed by atoms with E-state index in [1.807, 2.05) is 49.7 Å². The van der Waals surface area contributed by atoms with Gasteiger partial charge in [0.05, 0.1) is 26.0 Å². The number of aromatic nitrogens is 2. The van der Waals surface area contributed by atoms with E-state index in [2.05, 4.69) is 10.4 Å². The Kier molecular flexibility index (Phi) is 6.44. The molecule has 1 atom stereocenters. The van der Waals surface area contributed by atoms with Crippen LogP contribution in [-0.2, 0) is 11.2 Å². The third kappa shape index (κ3) is 4.98. The molecular weight excluding hydrogens is 318 g/mol. The van der Waals surface area contributed by atoms with Crippen LogP contribution in [0, 0.1) is 13.8 Å². The number of benzene rings is 1. The number of hydrogen-bond acceptors (Lipinski definition) is 4. The highest BCUT2D eigenvalue weighted by molar-refractivity contribution is 5.76. The Morgan fingerprint density at radius 1 is 1.20 bits per heavy atom. The molecule has 0 aliphatic heterocycles. The molecule has 6 heteroatoms. The molecule has 0 aliphatic rings. The van der Waals surface area contributed by atoms with Gasteiger partial charge in [0.2, 0.25) is 5.91 Å². The minimum atomic E-state index is 0.0283. The molecule has 0 saturated carbocycles. The first-order chi connectivity index (χ1) is 11.9. The number of nitrogens with one attached hydrogen (secondary N) is 1. The van der Waals surface area contributed by atoms with Crippen LogP contribution in [0.2, 0.25) is 0 Å². The molecule has 1 heterocycles. The number of methoxy groups -OCH3 is 2. The Morgan fingerprint density at radius 2 is 1.92 bits per heavy atom. The third-order valence-electron chi connectivity index (χ3n) is 4.13. The summed E-state index contributed by atoms with van der Waals surface area (Å²) in [6.07, 6.45) is 1.15. The summed E-state index contributed by atoms with van der Waals surface area (Å²) in [5, 5.41) is 7.41. The predicted molar refractivity (Wildman–Crippen MR) is 97.3 cm³/mol. The highest BCUT2D eigenvalue weighted by Gasteiger charge is 2.13. The monoisotopic (exact) mass is 345 g/mol. The molecule has 0 spiro atoms. The lowest BCUT2D eigenvalue weighted by Crippen LogP contribution is -2.28. The van der Waals surface area contributed by atoms with Crippen molar-refractivity contribution < 1.29 is 14.3 Å². The lowest BCUT2D eigenvalue weighted by atomic mass is 10.1. The van der Waals surface area contributed by atoms with E-state index in [1.165, 1.54) is 0 Å². The topological polar surface area (TPSA) is 65.4 Å². The van der Waals surface area contributed by atoms with Gasteiger partial charge in [-0.05, 0) is 51.0 Å². The average molecular weight is 345 g/mol. The molecule has 2 rings (SSSR count). The van der Waals surface area contributed by atoms with E-state index in [0.717, 1.165) is 23.4 Å². The predicted octanol–water partition coefficient (Wildman–Crippen LogP) is 2.83. The Bertz CT molecular complexity index is 725. The van der Waals surface area contributed by atoms with E-state index in [0.29, 0.717) is 24.5 Å². The number of amides is 1. The van der Waals surface area contributed by atoms with Gasteiger partial charge in [-0.2, -0.15) is 5.10 Å². The van der Waals surface area contributed by atoms with E-state index < -0.39 is 0 Å². The van der Waals surface area contributed by atoms with Crippen LogP contribution in [0.3, 0.4) is 0 Å². The van der Waals surface area contributed by atoms with E-state index >= 15 is 0 Å². The molecule has 0 unspecified atom stereocenters. The largest absolute Gasteiger partial charge is 0.493 e. The summed E-state index contributed by atoms with van der Waals surface area (Å²) in [5.74, 6) is 1.43. The van der Waals surface area contributed by atoms with Crippen molar-refractivity contribution >= 4 is 5.91 Å². The molecule has 0 saturated heterocycles. The third-order valence-corrected chi connectivity index (χ3v) is 4.13. The van der Waals surface area contributed by atoms with Crippen LogP contribution in [0.5, 0.6) is 11.5 Å². The van der Waals surface area contributed by atoms with Crippen molar-refractivity contribution in [1.82, 2.24) is 15.1 Å². The fourth-order valence-electron chi connectivity index (χ4n) is 2.90. The summed E-state index contributed by atoms with van der Waals surface area (Å²) in [4.78, 5) is 12.2. The highest BCUT2D eigenvalue weighted by Crippen LogP contribution is 2.27. The fraction of sp³-hybridized carbons (Fsp3) is 0.474. The molecule has 25 heavy (non-hydrogen) atoms. The maximum atomic E-state index is 12.2. The molecular formula is C19H27N3O3. The number of carbonyl (C=O) groups excluding carboxylic acids is 1. The molecule has 0 fully saturated rings. The summed E-state index contributed by atoms with van der Waals surface area (Å²) in [6, 6.07) is 7.84. The van der Waals surface area contributed by atoms with Gasteiger partial charge >= 0.3 is 0 Å². The minimum absolute atomic E-state index is 0.0283. The normalized spacial score (nSPS) is 11.9. The number of ether oxygens (including phenoxy) is 2. The van der Waals surface area contributed by atoms with Crippen molar-refractivity contribution in [2.45, 2.75) is 39.7 Å². The van der Waals surface area contributed by atoms with Crippen molar-refractivity contribution in [1.29, 1.82) is 0 Å². The van der Waals surface area contributed by atoms with Crippen LogP contribution in [0.25, 0.3) is 0 Å². The SMILES string of the molecule is COc1ccc(CCNC(=O)C[C@@H](C)n2nc(C)cc2C)cc1OC. The standard InChI is InChI=1S/C19H27N3O3/c1-13-10-14(2)22(21-13)15(3)11-19(23)20-9-8-16-6-7-17(24-4)18(12-16)25-5/h6-7,10,12,15H,8-9,11H2,1-5H3,(H,20,23)/t15-/m1/s1. The first-order valence-corrected chi connectivity index (χ1v) is 8.45. The van der Waals surface area contributed by atoms with Crippen molar-refractivity contribution in [2.24, 2.45) is 0 Å². The lowest BCUT2D eigenvalue weighted by Gasteiger charge is -2.14. The first-order valence-electron chi connectivity index (χ1n) is 8.45. The Morgan fingerprint density at radius 3 is 2.52 bits per heavy atom. The first kappa shape index (κ1) is 18.8. The van der Waals surface area contributed by atoms with Crippen LogP contribution in [0.15, 0.2) is 24.3 Å². The molecule has 1 aromatic heterocycles. The van der Waals surface area contributed by atoms with Gasteiger partial charge in [0, 0.05) is 18.7 Å². The summed E-state index contributed by atoms with van der Waals surface area (Å²) in [6.45, 7) is 6.55. The summed E-state index contributed by atoms with van der Waals surface area (Å²) >= 11 is 0. The summed E-state index contributed by atoms with van der Waals surface area (Å²) in [5.41, 5.74) is 3.13. The molecule has 1 aromatic carbocycles. The van der Waals surface area contributed by atoms with Crippen molar-refractivity contribution in [3.05, 3.63) is 41.2 Å². The molecule has 1 amide bonds. The zero-order valence-corrected chi connectivity index (χ0v) is 15.6. The lowest BCUT2D eigenvalue weighted by molar-refractivity contribution is -0.121. The summed E-state index contributed by atoms with van der Waals surface area (Å²) < 4.78 is 12.4. The molecule has 0 radical (unpaired) electrons. The van der Waals surface area contributed by atoms with Crippen LogP contribution in [0.1, 0.15) is 36.3 Å². The smallest absolute Gasteiger partial charge is 0.222 e. The second kappa shape index (κ2) is 8.55. The fourth-order valence-corrected chi connectivity index (χ4v) is 2.90. The number of rotatable bonds is 8. The van der Waals surface area contributed by atoms with Gasteiger partial charge in [-0.25, -0.2) is 0 Å². The zero-order chi connectivity index (χ0) is 18.4. The minimum Gasteiger partial charge on any atom is -0.493 e. The number of hydrogen-bond donors (Lipinski definition) is 1. The van der Waals surface area contributed by atoms with E-state index in [1.54, 1.807) is 14.2 Å².